The first-order valence-corrected chi connectivity index (χ1v) is 7.56. The molecular formula is C14H8N2O2S2. The zero-order valence-corrected chi connectivity index (χ0v) is 11.8. The van der Waals surface area contributed by atoms with Crippen LogP contribution in [0.4, 0.5) is 11.4 Å². The number of rotatable bonds is 1. The molecule has 0 spiro atoms. The minimum atomic E-state index is -0.389. The first-order chi connectivity index (χ1) is 9.66. The van der Waals surface area contributed by atoms with Crippen molar-refractivity contribution in [3.63, 3.8) is 0 Å². The lowest BCUT2D eigenvalue weighted by Crippen LogP contribution is -1.94. The zero-order valence-electron chi connectivity index (χ0n) is 10.1. The minimum absolute atomic E-state index is 0.0278. The van der Waals surface area contributed by atoms with Crippen molar-refractivity contribution in [3.8, 4) is 0 Å². The second kappa shape index (κ2) is 3.91. The number of nitrogens with two attached hydrogens (primary N) is 1. The number of thiophene rings is 2. The lowest BCUT2D eigenvalue weighted by atomic mass is 10.1. The topological polar surface area (TPSA) is 69.2 Å². The summed E-state index contributed by atoms with van der Waals surface area (Å²) in [5.74, 6) is 0. The fourth-order valence-electron chi connectivity index (χ4n) is 2.52. The average molecular weight is 300 g/mol. The lowest BCUT2D eigenvalue weighted by molar-refractivity contribution is -0.381. The third kappa shape index (κ3) is 1.40. The highest BCUT2D eigenvalue weighted by atomic mass is 32.2. The van der Waals surface area contributed by atoms with Crippen LogP contribution in [0.3, 0.4) is 0 Å². The number of nitrogens with zero attached hydrogens (tertiary/aromatic N) is 1. The molecule has 0 bridgehead atoms. The van der Waals surface area contributed by atoms with Crippen LogP contribution in [0.15, 0.2) is 36.4 Å². The van der Waals surface area contributed by atoms with Crippen molar-refractivity contribution in [3.05, 3.63) is 46.5 Å². The number of hydrogen-bond acceptors (Lipinski definition) is 5. The molecule has 0 aliphatic rings. The van der Waals surface area contributed by atoms with Crippen LogP contribution in [0.25, 0.3) is 29.6 Å². The minimum Gasteiger partial charge on any atom is -0.393 e. The molecular weight excluding hydrogens is 292 g/mol. The van der Waals surface area contributed by atoms with E-state index < -0.39 is 0 Å². The Morgan fingerprint density at radius 3 is 2.65 bits per heavy atom. The van der Waals surface area contributed by atoms with E-state index in [1.165, 1.54) is 16.0 Å². The molecule has 0 saturated heterocycles. The summed E-state index contributed by atoms with van der Waals surface area (Å²) >= 11 is 3.12. The number of nitro benzene ring substituents is 1. The van der Waals surface area contributed by atoms with Gasteiger partial charge in [-0.2, -0.15) is 0 Å². The lowest BCUT2D eigenvalue weighted by Gasteiger charge is -1.98. The summed E-state index contributed by atoms with van der Waals surface area (Å²) in [4.78, 5) is 10.8. The molecule has 0 unspecified atom stereocenters. The number of benzene rings is 2. The van der Waals surface area contributed by atoms with Crippen molar-refractivity contribution in [1.29, 1.82) is 0 Å². The van der Waals surface area contributed by atoms with Gasteiger partial charge < -0.3 is 5.73 Å². The monoisotopic (exact) mass is 300 g/mol. The van der Waals surface area contributed by atoms with E-state index >= 15 is 0 Å². The standard InChI is InChI=1S/C14H8N2O2S2/c15-9-6-5-8-11-7-3-1-2-4-10(7)19-14(11)20-13(8)12(9)16(17)18/h1-6H,15H2. The van der Waals surface area contributed by atoms with Crippen molar-refractivity contribution >= 4 is 63.6 Å². The molecule has 2 aromatic heterocycles. The van der Waals surface area contributed by atoms with E-state index in [0.29, 0.717) is 4.70 Å². The Morgan fingerprint density at radius 2 is 1.85 bits per heavy atom. The Kier molecular flexibility index (Phi) is 2.27. The highest BCUT2D eigenvalue weighted by Crippen LogP contribution is 2.47. The van der Waals surface area contributed by atoms with Gasteiger partial charge in [0.05, 0.1) is 8.94 Å². The van der Waals surface area contributed by atoms with Gasteiger partial charge in [-0.1, -0.05) is 24.3 Å². The Hall–Kier alpha value is -2.18. The summed E-state index contributed by atoms with van der Waals surface area (Å²) in [6, 6.07) is 11.6. The third-order valence-corrected chi connectivity index (χ3v) is 5.84. The first-order valence-electron chi connectivity index (χ1n) is 5.93. The number of hydrogen-bond donors (Lipinski definition) is 1. The molecule has 20 heavy (non-hydrogen) atoms. The number of nitro groups is 1. The molecule has 0 fully saturated rings. The molecule has 2 aromatic carbocycles. The molecule has 4 nitrogen and oxygen atoms in total. The van der Waals surface area contributed by atoms with Crippen molar-refractivity contribution in [2.45, 2.75) is 0 Å². The maximum absolute atomic E-state index is 11.2. The fourth-order valence-corrected chi connectivity index (χ4v) is 5.23. The highest BCUT2D eigenvalue weighted by molar-refractivity contribution is 7.44. The first kappa shape index (κ1) is 11.6. The van der Waals surface area contributed by atoms with E-state index in [1.54, 1.807) is 17.4 Å². The van der Waals surface area contributed by atoms with Crippen molar-refractivity contribution in [2.24, 2.45) is 0 Å². The second-order valence-electron chi connectivity index (χ2n) is 4.50. The molecule has 2 heterocycles. The van der Waals surface area contributed by atoms with Gasteiger partial charge in [-0.3, -0.25) is 10.1 Å². The molecule has 2 N–H and O–H groups in total. The van der Waals surface area contributed by atoms with E-state index in [0.717, 1.165) is 20.2 Å². The Labute approximate surface area is 121 Å². The molecule has 0 aliphatic heterocycles. The molecule has 0 saturated carbocycles. The van der Waals surface area contributed by atoms with Gasteiger partial charge in [-0.15, -0.1) is 22.7 Å². The van der Waals surface area contributed by atoms with Gasteiger partial charge in [0.1, 0.15) is 10.4 Å². The smallest absolute Gasteiger partial charge is 0.309 e. The van der Waals surface area contributed by atoms with Crippen LogP contribution in [-0.2, 0) is 0 Å². The Balaban J connectivity index is 2.27. The summed E-state index contributed by atoms with van der Waals surface area (Å²) in [7, 11) is 0. The SMILES string of the molecule is Nc1ccc2c(sc3sc4ccccc4c32)c1[N+](=O)[O-]. The Bertz CT molecular complexity index is 1000. The molecule has 0 radical (unpaired) electrons. The van der Waals surface area contributed by atoms with Crippen molar-refractivity contribution < 1.29 is 4.92 Å². The predicted octanol–water partition coefficient (Wildman–Crippen LogP) is 4.76. The average Bonchev–Trinajstić information content (AvgIpc) is 2.93. The van der Waals surface area contributed by atoms with Crippen LogP contribution >= 0.6 is 22.7 Å². The van der Waals surface area contributed by atoms with Crippen LogP contribution in [-0.4, -0.2) is 4.92 Å². The number of fused-ring (bicyclic) bond motifs is 5. The van der Waals surface area contributed by atoms with Gasteiger partial charge >= 0.3 is 5.69 Å². The Morgan fingerprint density at radius 1 is 1.05 bits per heavy atom. The van der Waals surface area contributed by atoms with Crippen LogP contribution in [0, 0.1) is 10.1 Å². The molecule has 6 heteroatoms. The summed E-state index contributed by atoms with van der Waals surface area (Å²) in [5.41, 5.74) is 6.01. The van der Waals surface area contributed by atoms with Crippen molar-refractivity contribution in [1.82, 2.24) is 0 Å². The highest BCUT2D eigenvalue weighted by Gasteiger charge is 2.22. The van der Waals surface area contributed by atoms with E-state index in [-0.39, 0.29) is 16.3 Å². The fraction of sp³-hybridized carbons (Fsp3) is 0. The molecule has 4 rings (SSSR count). The van der Waals surface area contributed by atoms with Crippen LogP contribution in [0.5, 0.6) is 0 Å². The maximum atomic E-state index is 11.2. The maximum Gasteiger partial charge on any atom is 0.309 e. The van der Waals surface area contributed by atoms with Gasteiger partial charge in [0.2, 0.25) is 0 Å². The summed E-state index contributed by atoms with van der Waals surface area (Å²) in [6.07, 6.45) is 0. The summed E-state index contributed by atoms with van der Waals surface area (Å²) < 4.78 is 2.98. The normalized spacial score (nSPS) is 11.6. The molecule has 0 atom stereocenters. The van der Waals surface area contributed by atoms with Crippen LogP contribution < -0.4 is 5.73 Å². The van der Waals surface area contributed by atoms with E-state index in [9.17, 15) is 10.1 Å². The largest absolute Gasteiger partial charge is 0.393 e. The summed E-state index contributed by atoms with van der Waals surface area (Å²) in [6.45, 7) is 0. The van der Waals surface area contributed by atoms with Gasteiger partial charge in [-0.05, 0) is 12.1 Å². The van der Waals surface area contributed by atoms with Gasteiger partial charge in [0.25, 0.3) is 0 Å². The van der Waals surface area contributed by atoms with Crippen LogP contribution in [0.1, 0.15) is 0 Å². The number of anilines is 1. The predicted molar refractivity (Wildman–Crippen MR) is 85.8 cm³/mol. The van der Waals surface area contributed by atoms with Crippen molar-refractivity contribution in [2.75, 3.05) is 5.73 Å². The van der Waals surface area contributed by atoms with E-state index in [1.807, 2.05) is 18.2 Å². The molecule has 0 amide bonds. The third-order valence-electron chi connectivity index (χ3n) is 3.37. The summed E-state index contributed by atoms with van der Waals surface area (Å²) in [5, 5.41) is 14.4. The van der Waals surface area contributed by atoms with Gasteiger partial charge in [0.15, 0.2) is 0 Å². The second-order valence-corrected chi connectivity index (χ2v) is 6.83. The molecule has 0 aliphatic carbocycles. The van der Waals surface area contributed by atoms with Gasteiger partial charge in [0, 0.05) is 20.9 Å². The van der Waals surface area contributed by atoms with Crippen LogP contribution in [0.2, 0.25) is 0 Å². The van der Waals surface area contributed by atoms with E-state index in [2.05, 4.69) is 12.1 Å². The zero-order chi connectivity index (χ0) is 13.9. The molecule has 98 valence electrons. The molecule has 4 aromatic rings. The quantitative estimate of drug-likeness (QED) is 0.313. The number of nitrogen functional groups attached to an aromatic ring is 1. The van der Waals surface area contributed by atoms with Gasteiger partial charge in [-0.25, -0.2) is 0 Å². The van der Waals surface area contributed by atoms with E-state index in [4.69, 9.17) is 5.73 Å².